The Kier molecular flexibility index (Phi) is 5.60. The van der Waals surface area contributed by atoms with Gasteiger partial charge in [-0.3, -0.25) is 14.5 Å². The Bertz CT molecular complexity index is 1220. The standard InChI is InChI=1S/C24H27N3O6S/c1-32-22(29)24(8-9-24)34(30,31)20-7-6-17(16-25-20)33-15-14-27-12-10-23(11-13-27)18-4-2-3-5-19(18)26-21(23)28/h2-7,16H,8-15H2,1H3,(H,26,28). The third-order valence-electron chi connectivity index (χ3n) is 7.27. The molecule has 1 aromatic heterocycles. The second-order valence-corrected chi connectivity index (χ2v) is 11.3. The van der Waals surface area contributed by atoms with E-state index in [0.717, 1.165) is 37.2 Å². The summed E-state index contributed by atoms with van der Waals surface area (Å²) in [6.07, 6.45) is 3.36. The molecule has 1 spiro atoms. The predicted octanol–water partition coefficient (Wildman–Crippen LogP) is 1.93. The molecule has 180 valence electrons. The molecule has 1 aromatic carbocycles. The van der Waals surface area contributed by atoms with Crippen LogP contribution in [-0.2, 0) is 29.6 Å². The van der Waals surface area contributed by atoms with Crippen LogP contribution in [0.25, 0.3) is 0 Å². The van der Waals surface area contributed by atoms with Crippen LogP contribution < -0.4 is 10.1 Å². The van der Waals surface area contributed by atoms with E-state index in [0.29, 0.717) is 18.9 Å². The van der Waals surface area contributed by atoms with Crippen LogP contribution in [0.5, 0.6) is 5.75 Å². The first-order valence-corrected chi connectivity index (χ1v) is 12.9. The van der Waals surface area contributed by atoms with Crippen LogP contribution in [-0.4, -0.2) is 68.3 Å². The first-order valence-electron chi connectivity index (χ1n) is 11.4. The Balaban J connectivity index is 1.14. The Morgan fingerprint density at radius 1 is 1.12 bits per heavy atom. The predicted molar refractivity (Wildman–Crippen MR) is 123 cm³/mol. The number of hydrogen-bond donors (Lipinski definition) is 1. The molecule has 1 aliphatic carbocycles. The zero-order chi connectivity index (χ0) is 24.0. The molecule has 0 bridgehead atoms. The number of nitrogens with zero attached hydrogens (tertiary/aromatic N) is 2. The first-order chi connectivity index (χ1) is 16.3. The third kappa shape index (κ3) is 3.56. The summed E-state index contributed by atoms with van der Waals surface area (Å²) < 4.78 is 34.6. The Hall–Kier alpha value is -2.98. The van der Waals surface area contributed by atoms with Gasteiger partial charge in [0, 0.05) is 12.2 Å². The van der Waals surface area contributed by atoms with Crippen molar-refractivity contribution in [3.63, 3.8) is 0 Å². The summed E-state index contributed by atoms with van der Waals surface area (Å²) in [7, 11) is -2.73. The Labute approximate surface area is 198 Å². The van der Waals surface area contributed by atoms with Crippen LogP contribution in [0.1, 0.15) is 31.2 Å². The Morgan fingerprint density at radius 3 is 2.50 bits per heavy atom. The van der Waals surface area contributed by atoms with Gasteiger partial charge in [0.15, 0.2) is 9.77 Å². The van der Waals surface area contributed by atoms with E-state index in [2.05, 4.69) is 19.9 Å². The van der Waals surface area contributed by atoms with Crippen molar-refractivity contribution in [2.75, 3.05) is 38.7 Å². The number of hydrogen-bond acceptors (Lipinski definition) is 8. The fourth-order valence-corrected chi connectivity index (χ4v) is 6.80. The molecule has 2 aromatic rings. The molecule has 0 atom stereocenters. The fraction of sp³-hybridized carbons (Fsp3) is 0.458. The number of fused-ring (bicyclic) bond motifs is 2. The number of pyridine rings is 1. The number of anilines is 1. The smallest absolute Gasteiger partial charge is 0.327 e. The molecule has 34 heavy (non-hydrogen) atoms. The van der Waals surface area contributed by atoms with Gasteiger partial charge in [-0.25, -0.2) is 13.4 Å². The van der Waals surface area contributed by atoms with Crippen LogP contribution in [0, 0.1) is 0 Å². The van der Waals surface area contributed by atoms with Crippen molar-refractivity contribution in [2.24, 2.45) is 0 Å². The quantitative estimate of drug-likeness (QED) is 0.592. The number of rotatable bonds is 7. The molecule has 0 unspecified atom stereocenters. The van der Waals surface area contributed by atoms with Gasteiger partial charge in [-0.05, 0) is 62.5 Å². The molecule has 2 aliphatic heterocycles. The number of sulfone groups is 1. The molecular formula is C24H27N3O6S. The third-order valence-corrected chi connectivity index (χ3v) is 9.67. The number of carbonyl (C=O) groups excluding carboxylic acids is 2. The number of ether oxygens (including phenoxy) is 2. The largest absolute Gasteiger partial charge is 0.491 e. The van der Waals surface area contributed by atoms with Crippen molar-refractivity contribution >= 4 is 27.4 Å². The van der Waals surface area contributed by atoms with Gasteiger partial charge >= 0.3 is 5.97 Å². The normalized spacial score (nSPS) is 20.4. The van der Waals surface area contributed by atoms with Gasteiger partial charge in [0.05, 0.1) is 18.7 Å². The molecule has 1 saturated carbocycles. The van der Waals surface area contributed by atoms with Gasteiger partial charge in [0.1, 0.15) is 12.4 Å². The highest BCUT2D eigenvalue weighted by molar-refractivity contribution is 7.93. The van der Waals surface area contributed by atoms with Crippen LogP contribution in [0.2, 0.25) is 0 Å². The second-order valence-electron chi connectivity index (χ2n) is 9.09. The monoisotopic (exact) mass is 485 g/mol. The second kappa shape index (κ2) is 8.35. The summed E-state index contributed by atoms with van der Waals surface area (Å²) in [6.45, 7) is 2.67. The molecule has 1 amide bonds. The highest BCUT2D eigenvalue weighted by Crippen LogP contribution is 2.47. The summed E-state index contributed by atoms with van der Waals surface area (Å²) in [5, 5.41) is 2.86. The van der Waals surface area contributed by atoms with Crippen LogP contribution in [0.15, 0.2) is 47.6 Å². The lowest BCUT2D eigenvalue weighted by molar-refractivity contribution is -0.141. The van der Waals surface area contributed by atoms with Gasteiger partial charge < -0.3 is 14.8 Å². The SMILES string of the molecule is COC(=O)C1(S(=O)(=O)c2ccc(OCCN3CCC4(CC3)C(=O)Nc3ccccc34)cn2)CC1. The number of esters is 1. The van der Waals surface area contributed by atoms with E-state index in [1.54, 1.807) is 6.07 Å². The molecule has 0 radical (unpaired) electrons. The maximum absolute atomic E-state index is 12.8. The van der Waals surface area contributed by atoms with Gasteiger partial charge in [0.2, 0.25) is 15.7 Å². The zero-order valence-corrected chi connectivity index (χ0v) is 19.8. The number of benzene rings is 1. The average molecular weight is 486 g/mol. The molecule has 10 heteroatoms. The summed E-state index contributed by atoms with van der Waals surface area (Å²) >= 11 is 0. The number of likely N-dealkylation sites (tertiary alicyclic amines) is 1. The maximum atomic E-state index is 12.8. The maximum Gasteiger partial charge on any atom is 0.327 e. The van der Waals surface area contributed by atoms with E-state index in [1.165, 1.54) is 19.4 Å². The minimum absolute atomic E-state index is 0.0888. The van der Waals surface area contributed by atoms with E-state index in [-0.39, 0.29) is 23.8 Å². The molecule has 2 fully saturated rings. The van der Waals surface area contributed by atoms with Crippen LogP contribution in [0.4, 0.5) is 5.69 Å². The number of methoxy groups -OCH3 is 1. The zero-order valence-electron chi connectivity index (χ0n) is 19.0. The summed E-state index contributed by atoms with van der Waals surface area (Å²) in [5.41, 5.74) is 1.57. The van der Waals surface area contributed by atoms with Crippen LogP contribution in [0.3, 0.4) is 0 Å². The number of para-hydroxylation sites is 1. The summed E-state index contributed by atoms with van der Waals surface area (Å²) in [4.78, 5) is 31.0. The number of amides is 1. The molecule has 1 saturated heterocycles. The first kappa shape index (κ1) is 22.8. The molecule has 9 nitrogen and oxygen atoms in total. The number of carbonyl (C=O) groups is 2. The van der Waals surface area contributed by atoms with E-state index in [4.69, 9.17) is 4.74 Å². The number of nitrogens with one attached hydrogen (secondary N) is 1. The van der Waals surface area contributed by atoms with Gasteiger partial charge in [-0.2, -0.15) is 0 Å². The average Bonchev–Trinajstić information content (AvgIpc) is 3.63. The van der Waals surface area contributed by atoms with Crippen molar-refractivity contribution in [1.29, 1.82) is 0 Å². The fourth-order valence-electron chi connectivity index (χ4n) is 5.01. The minimum Gasteiger partial charge on any atom is -0.491 e. The van der Waals surface area contributed by atoms with E-state index < -0.39 is 26.0 Å². The van der Waals surface area contributed by atoms with Crippen LogP contribution >= 0.6 is 0 Å². The lowest BCUT2D eigenvalue weighted by Gasteiger charge is -2.37. The highest BCUT2D eigenvalue weighted by atomic mass is 32.2. The van der Waals surface area contributed by atoms with Gasteiger partial charge in [0.25, 0.3) is 0 Å². The van der Waals surface area contributed by atoms with Crippen molar-refractivity contribution in [1.82, 2.24) is 9.88 Å². The molecule has 3 aliphatic rings. The van der Waals surface area contributed by atoms with E-state index in [9.17, 15) is 18.0 Å². The molecule has 5 rings (SSSR count). The minimum atomic E-state index is -3.91. The van der Waals surface area contributed by atoms with Crippen molar-refractivity contribution in [3.05, 3.63) is 48.2 Å². The molecule has 1 N–H and O–H groups in total. The lowest BCUT2D eigenvalue weighted by atomic mass is 9.74. The summed E-state index contributed by atoms with van der Waals surface area (Å²) in [6, 6.07) is 10.8. The van der Waals surface area contributed by atoms with Crippen molar-refractivity contribution in [3.8, 4) is 5.75 Å². The van der Waals surface area contributed by atoms with Crippen molar-refractivity contribution in [2.45, 2.75) is 40.9 Å². The Morgan fingerprint density at radius 2 is 1.85 bits per heavy atom. The highest BCUT2D eigenvalue weighted by Gasteiger charge is 2.63. The molecular weight excluding hydrogens is 458 g/mol. The van der Waals surface area contributed by atoms with Gasteiger partial charge in [-0.15, -0.1) is 0 Å². The van der Waals surface area contributed by atoms with Gasteiger partial charge in [-0.1, -0.05) is 18.2 Å². The summed E-state index contributed by atoms with van der Waals surface area (Å²) in [5.74, 6) is -0.193. The lowest BCUT2D eigenvalue weighted by Crippen LogP contribution is -2.47. The molecule has 3 heterocycles. The topological polar surface area (TPSA) is 115 Å². The van der Waals surface area contributed by atoms with E-state index in [1.807, 2.05) is 24.3 Å². The van der Waals surface area contributed by atoms with E-state index >= 15 is 0 Å². The number of aromatic nitrogens is 1. The number of piperidine rings is 1. The van der Waals surface area contributed by atoms with Crippen molar-refractivity contribution < 1.29 is 27.5 Å².